The maximum absolute atomic E-state index is 12.1. The van der Waals surface area contributed by atoms with Gasteiger partial charge in [0.25, 0.3) is 0 Å². The Hall–Kier alpha value is -1.36. The zero-order chi connectivity index (χ0) is 15.3. The highest BCUT2D eigenvalue weighted by atomic mass is 16.5. The van der Waals surface area contributed by atoms with Crippen LogP contribution in [-0.2, 0) is 11.2 Å². The van der Waals surface area contributed by atoms with Crippen LogP contribution in [0.15, 0.2) is 4.52 Å². The Balaban J connectivity index is 2.55. The molecular formula is C15H27N3O2. The molecule has 1 rings (SSSR count). The third kappa shape index (κ3) is 4.63. The lowest BCUT2D eigenvalue weighted by atomic mass is 9.90. The molecule has 0 spiro atoms. The lowest BCUT2D eigenvalue weighted by Crippen LogP contribution is -2.52. The van der Waals surface area contributed by atoms with Crippen LogP contribution in [0, 0.1) is 19.8 Å². The van der Waals surface area contributed by atoms with E-state index in [0.29, 0.717) is 25.3 Å². The van der Waals surface area contributed by atoms with Crippen molar-refractivity contribution in [3.63, 3.8) is 0 Å². The molecule has 0 fully saturated rings. The van der Waals surface area contributed by atoms with E-state index in [2.05, 4.69) is 24.3 Å². The van der Waals surface area contributed by atoms with E-state index in [1.54, 1.807) is 0 Å². The Labute approximate surface area is 121 Å². The van der Waals surface area contributed by atoms with Crippen molar-refractivity contribution in [3.05, 3.63) is 17.0 Å². The number of hydrogen-bond acceptors (Lipinski definition) is 4. The van der Waals surface area contributed by atoms with E-state index in [4.69, 9.17) is 10.3 Å². The number of aryl methyl sites for hydroxylation is 2. The highest BCUT2D eigenvalue weighted by molar-refractivity contribution is 5.77. The molecule has 5 nitrogen and oxygen atoms in total. The SMILES string of the molecule is Cc1noc(C)c1CCC(=O)NC(C)(CN)CC(C)C. The van der Waals surface area contributed by atoms with Crippen LogP contribution in [0.4, 0.5) is 0 Å². The van der Waals surface area contributed by atoms with Crippen molar-refractivity contribution in [1.29, 1.82) is 0 Å². The molecule has 1 atom stereocenters. The molecule has 0 aliphatic carbocycles. The monoisotopic (exact) mass is 281 g/mol. The number of nitrogens with zero attached hydrogens (tertiary/aromatic N) is 1. The van der Waals surface area contributed by atoms with Crippen molar-refractivity contribution in [1.82, 2.24) is 10.5 Å². The highest BCUT2D eigenvalue weighted by Crippen LogP contribution is 2.17. The smallest absolute Gasteiger partial charge is 0.220 e. The average Bonchev–Trinajstić information content (AvgIpc) is 2.65. The molecule has 0 radical (unpaired) electrons. The number of carbonyl (C=O) groups excluding carboxylic acids is 1. The molecular weight excluding hydrogens is 254 g/mol. The van der Waals surface area contributed by atoms with E-state index in [-0.39, 0.29) is 11.4 Å². The third-order valence-electron chi connectivity index (χ3n) is 3.53. The van der Waals surface area contributed by atoms with Crippen LogP contribution in [-0.4, -0.2) is 23.1 Å². The Morgan fingerprint density at radius 2 is 2.10 bits per heavy atom. The predicted octanol–water partition coefficient (Wildman–Crippen LogP) is 2.10. The standard InChI is InChI=1S/C15H27N3O2/c1-10(2)8-15(5,9-16)17-14(19)7-6-13-11(3)18-20-12(13)4/h10H,6-9,16H2,1-5H3,(H,17,19). The van der Waals surface area contributed by atoms with Gasteiger partial charge in [-0.25, -0.2) is 0 Å². The highest BCUT2D eigenvalue weighted by Gasteiger charge is 2.25. The maximum atomic E-state index is 12.1. The Bertz CT molecular complexity index is 434. The first-order valence-corrected chi connectivity index (χ1v) is 7.20. The zero-order valence-corrected chi connectivity index (χ0v) is 13.2. The molecule has 0 bridgehead atoms. The first-order valence-electron chi connectivity index (χ1n) is 7.20. The summed E-state index contributed by atoms with van der Waals surface area (Å²) in [6.07, 6.45) is 1.95. The van der Waals surface area contributed by atoms with Gasteiger partial charge >= 0.3 is 0 Å². The molecule has 3 N–H and O–H groups in total. The Morgan fingerprint density at radius 1 is 1.45 bits per heavy atom. The molecule has 0 aromatic carbocycles. The molecule has 0 saturated carbocycles. The second kappa shape index (κ2) is 6.88. The van der Waals surface area contributed by atoms with Gasteiger partial charge in [0.05, 0.1) is 5.69 Å². The predicted molar refractivity (Wildman–Crippen MR) is 79.4 cm³/mol. The fourth-order valence-corrected chi connectivity index (χ4v) is 2.58. The van der Waals surface area contributed by atoms with Crippen LogP contribution in [0.2, 0.25) is 0 Å². The second-order valence-electron chi connectivity index (χ2n) is 6.21. The largest absolute Gasteiger partial charge is 0.361 e. The fourth-order valence-electron chi connectivity index (χ4n) is 2.58. The van der Waals surface area contributed by atoms with Crippen LogP contribution in [0.5, 0.6) is 0 Å². The lowest BCUT2D eigenvalue weighted by Gasteiger charge is -2.31. The molecule has 1 aromatic rings. The third-order valence-corrected chi connectivity index (χ3v) is 3.53. The molecule has 1 unspecified atom stereocenters. The van der Waals surface area contributed by atoms with Gasteiger partial charge in [-0.2, -0.15) is 0 Å². The van der Waals surface area contributed by atoms with Gasteiger partial charge in [0.1, 0.15) is 5.76 Å². The minimum absolute atomic E-state index is 0.0265. The van der Waals surface area contributed by atoms with Crippen LogP contribution in [0.3, 0.4) is 0 Å². The number of nitrogens with one attached hydrogen (secondary N) is 1. The normalized spacial score (nSPS) is 14.3. The number of aromatic nitrogens is 1. The van der Waals surface area contributed by atoms with E-state index in [9.17, 15) is 4.79 Å². The Kier molecular flexibility index (Phi) is 5.74. The van der Waals surface area contributed by atoms with Crippen molar-refractivity contribution in [2.24, 2.45) is 11.7 Å². The van der Waals surface area contributed by atoms with Crippen molar-refractivity contribution < 1.29 is 9.32 Å². The summed E-state index contributed by atoms with van der Waals surface area (Å²) in [4.78, 5) is 12.1. The summed E-state index contributed by atoms with van der Waals surface area (Å²) < 4.78 is 5.10. The van der Waals surface area contributed by atoms with Crippen molar-refractivity contribution >= 4 is 5.91 Å². The summed E-state index contributed by atoms with van der Waals surface area (Å²) in [7, 11) is 0. The number of carbonyl (C=O) groups is 1. The lowest BCUT2D eigenvalue weighted by molar-refractivity contribution is -0.122. The van der Waals surface area contributed by atoms with Crippen molar-refractivity contribution in [2.75, 3.05) is 6.54 Å². The molecule has 0 saturated heterocycles. The van der Waals surface area contributed by atoms with Gasteiger partial charge in [-0.15, -0.1) is 0 Å². The molecule has 1 aromatic heterocycles. The van der Waals surface area contributed by atoms with Gasteiger partial charge in [0.2, 0.25) is 5.91 Å². The van der Waals surface area contributed by atoms with Gasteiger partial charge in [-0.05, 0) is 39.5 Å². The molecule has 0 aliphatic heterocycles. The van der Waals surface area contributed by atoms with E-state index < -0.39 is 0 Å². The zero-order valence-electron chi connectivity index (χ0n) is 13.2. The molecule has 114 valence electrons. The first-order chi connectivity index (χ1) is 9.27. The van der Waals surface area contributed by atoms with Crippen LogP contribution < -0.4 is 11.1 Å². The summed E-state index contributed by atoms with van der Waals surface area (Å²) in [6, 6.07) is 0. The summed E-state index contributed by atoms with van der Waals surface area (Å²) in [6.45, 7) is 10.5. The average molecular weight is 281 g/mol. The van der Waals surface area contributed by atoms with Crippen LogP contribution in [0.1, 0.15) is 50.6 Å². The van der Waals surface area contributed by atoms with E-state index >= 15 is 0 Å². The van der Waals surface area contributed by atoms with Gasteiger partial charge < -0.3 is 15.6 Å². The molecule has 20 heavy (non-hydrogen) atoms. The van der Waals surface area contributed by atoms with Crippen molar-refractivity contribution in [3.8, 4) is 0 Å². The molecule has 0 aliphatic rings. The molecule has 1 amide bonds. The fraction of sp³-hybridized carbons (Fsp3) is 0.733. The summed E-state index contributed by atoms with van der Waals surface area (Å²) in [5, 5.41) is 6.96. The van der Waals surface area contributed by atoms with E-state index in [0.717, 1.165) is 23.4 Å². The first kappa shape index (κ1) is 16.7. The molecule has 5 heteroatoms. The Morgan fingerprint density at radius 3 is 2.55 bits per heavy atom. The maximum Gasteiger partial charge on any atom is 0.220 e. The molecule has 1 heterocycles. The number of amides is 1. The summed E-state index contributed by atoms with van der Waals surface area (Å²) >= 11 is 0. The van der Waals surface area contributed by atoms with Gasteiger partial charge in [-0.3, -0.25) is 4.79 Å². The summed E-state index contributed by atoms with van der Waals surface area (Å²) in [5.41, 5.74) is 7.36. The summed E-state index contributed by atoms with van der Waals surface area (Å²) in [5.74, 6) is 1.31. The van der Waals surface area contributed by atoms with E-state index in [1.165, 1.54) is 0 Å². The second-order valence-corrected chi connectivity index (χ2v) is 6.21. The quantitative estimate of drug-likeness (QED) is 0.802. The van der Waals surface area contributed by atoms with Gasteiger partial charge in [0.15, 0.2) is 0 Å². The number of rotatable bonds is 7. The van der Waals surface area contributed by atoms with Crippen LogP contribution in [0.25, 0.3) is 0 Å². The number of hydrogen-bond donors (Lipinski definition) is 2. The topological polar surface area (TPSA) is 81.2 Å². The van der Waals surface area contributed by atoms with Gasteiger partial charge in [0, 0.05) is 24.1 Å². The van der Waals surface area contributed by atoms with Crippen molar-refractivity contribution in [2.45, 2.75) is 59.4 Å². The van der Waals surface area contributed by atoms with Crippen LogP contribution >= 0.6 is 0 Å². The van der Waals surface area contributed by atoms with E-state index in [1.807, 2.05) is 20.8 Å². The minimum atomic E-state index is -0.329. The number of nitrogens with two attached hydrogens (primary N) is 1. The van der Waals surface area contributed by atoms with Gasteiger partial charge in [-0.1, -0.05) is 19.0 Å². The minimum Gasteiger partial charge on any atom is -0.361 e.